The summed E-state index contributed by atoms with van der Waals surface area (Å²) in [5.74, 6) is 0.954. The van der Waals surface area contributed by atoms with E-state index in [1.54, 1.807) is 12.1 Å². The Bertz CT molecular complexity index is 940. The molecule has 2 aliphatic carbocycles. The molecule has 0 heterocycles. The van der Waals surface area contributed by atoms with Crippen LogP contribution in [0, 0.1) is 35.3 Å². The van der Waals surface area contributed by atoms with Crippen molar-refractivity contribution < 1.29 is 18.3 Å². The summed E-state index contributed by atoms with van der Waals surface area (Å²) in [6.45, 7) is 2.27. The predicted octanol–water partition coefficient (Wildman–Crippen LogP) is 9.00. The van der Waals surface area contributed by atoms with Crippen LogP contribution in [0.3, 0.4) is 0 Å². The maximum atomic E-state index is 13.9. The number of esters is 1. The zero-order chi connectivity index (χ0) is 23.9. The second kappa shape index (κ2) is 12.1. The first-order valence-corrected chi connectivity index (χ1v) is 13.6. The number of fused-ring (bicyclic) bond motifs is 1. The standard InChI is InChI=1S/C30H40F2O2/c1-2-3-4-5-6-7-21-8-10-22(11-9-21)23-12-14-24(15-13-23)30(33)34-26-17-18-27-25(20-26)16-19-28(31)29(27)32/h16-24H,2-15H2,1H3. The van der Waals surface area contributed by atoms with Crippen molar-refractivity contribution in [1.82, 2.24) is 0 Å². The molecule has 0 atom stereocenters. The van der Waals surface area contributed by atoms with E-state index in [4.69, 9.17) is 4.74 Å². The molecule has 0 radical (unpaired) electrons. The Morgan fingerprint density at radius 2 is 1.53 bits per heavy atom. The molecule has 0 amide bonds. The van der Waals surface area contributed by atoms with Crippen LogP contribution in [0.4, 0.5) is 8.78 Å². The molecule has 0 unspecified atom stereocenters. The molecule has 0 aliphatic heterocycles. The first-order valence-electron chi connectivity index (χ1n) is 13.6. The molecule has 0 bridgehead atoms. The van der Waals surface area contributed by atoms with Gasteiger partial charge in [0.05, 0.1) is 5.92 Å². The van der Waals surface area contributed by atoms with Gasteiger partial charge in [0.2, 0.25) is 0 Å². The predicted molar refractivity (Wildman–Crippen MR) is 134 cm³/mol. The highest BCUT2D eigenvalue weighted by Gasteiger charge is 2.33. The molecule has 0 N–H and O–H groups in total. The maximum absolute atomic E-state index is 13.9. The van der Waals surface area contributed by atoms with Gasteiger partial charge in [-0.05, 0) is 85.9 Å². The monoisotopic (exact) mass is 470 g/mol. The van der Waals surface area contributed by atoms with Crippen molar-refractivity contribution in [3.63, 3.8) is 0 Å². The molecular weight excluding hydrogens is 430 g/mol. The second-order valence-corrected chi connectivity index (χ2v) is 10.8. The lowest BCUT2D eigenvalue weighted by Gasteiger charge is -2.37. The SMILES string of the molecule is CCCCCCCC1CCC(C2CCC(C(=O)Oc3ccc4c(F)c(F)ccc4c3)CC2)CC1. The Labute approximate surface area is 203 Å². The van der Waals surface area contributed by atoms with Crippen molar-refractivity contribution in [2.24, 2.45) is 23.7 Å². The van der Waals surface area contributed by atoms with Crippen molar-refractivity contribution in [2.45, 2.75) is 96.8 Å². The normalized spacial score (nSPS) is 25.4. The lowest BCUT2D eigenvalue weighted by molar-refractivity contribution is -0.140. The van der Waals surface area contributed by atoms with Crippen LogP contribution in [-0.2, 0) is 4.79 Å². The third-order valence-corrected chi connectivity index (χ3v) is 8.48. The summed E-state index contributed by atoms with van der Waals surface area (Å²) in [6, 6.07) is 7.26. The van der Waals surface area contributed by atoms with Gasteiger partial charge in [0, 0.05) is 5.39 Å². The molecule has 2 aliphatic rings. The van der Waals surface area contributed by atoms with E-state index in [1.165, 1.54) is 76.3 Å². The van der Waals surface area contributed by atoms with Crippen molar-refractivity contribution in [2.75, 3.05) is 0 Å². The summed E-state index contributed by atoms with van der Waals surface area (Å²) in [5, 5.41) is 0.732. The minimum absolute atomic E-state index is 0.0589. The van der Waals surface area contributed by atoms with Crippen LogP contribution >= 0.6 is 0 Å². The fraction of sp³-hybridized carbons (Fsp3) is 0.633. The van der Waals surface area contributed by atoms with Crippen molar-refractivity contribution in [1.29, 1.82) is 0 Å². The second-order valence-electron chi connectivity index (χ2n) is 10.8. The van der Waals surface area contributed by atoms with Gasteiger partial charge >= 0.3 is 5.97 Å². The molecule has 2 aromatic rings. The van der Waals surface area contributed by atoms with Crippen LogP contribution < -0.4 is 4.74 Å². The van der Waals surface area contributed by atoms with Gasteiger partial charge in [0.15, 0.2) is 11.6 Å². The summed E-state index contributed by atoms with van der Waals surface area (Å²) in [7, 11) is 0. The molecule has 34 heavy (non-hydrogen) atoms. The number of rotatable bonds is 9. The lowest BCUT2D eigenvalue weighted by Crippen LogP contribution is -2.30. The Kier molecular flexibility index (Phi) is 8.97. The minimum atomic E-state index is -0.870. The molecule has 0 saturated heterocycles. The van der Waals surface area contributed by atoms with E-state index < -0.39 is 11.6 Å². The van der Waals surface area contributed by atoms with Crippen LogP contribution in [0.15, 0.2) is 30.3 Å². The molecule has 2 aromatic carbocycles. The summed E-state index contributed by atoms with van der Waals surface area (Å²) < 4.78 is 33.0. The molecule has 4 heteroatoms. The molecule has 0 spiro atoms. The van der Waals surface area contributed by atoms with Crippen LogP contribution in [0.5, 0.6) is 5.75 Å². The van der Waals surface area contributed by atoms with Crippen LogP contribution in [-0.4, -0.2) is 5.97 Å². The maximum Gasteiger partial charge on any atom is 0.314 e. The van der Waals surface area contributed by atoms with Crippen LogP contribution in [0.2, 0.25) is 0 Å². The average Bonchev–Trinajstić information content (AvgIpc) is 2.87. The highest BCUT2D eigenvalue weighted by molar-refractivity contribution is 5.85. The molecule has 4 rings (SSSR count). The number of unbranched alkanes of at least 4 members (excludes halogenated alkanes) is 4. The van der Waals surface area contributed by atoms with Crippen molar-refractivity contribution in [3.05, 3.63) is 42.0 Å². The van der Waals surface area contributed by atoms with Gasteiger partial charge in [-0.15, -0.1) is 0 Å². The van der Waals surface area contributed by atoms with E-state index in [0.29, 0.717) is 11.1 Å². The van der Waals surface area contributed by atoms with Crippen molar-refractivity contribution >= 4 is 16.7 Å². The molecule has 2 saturated carbocycles. The van der Waals surface area contributed by atoms with E-state index in [1.807, 2.05) is 0 Å². The number of carbonyl (C=O) groups excluding carboxylic acids is 1. The van der Waals surface area contributed by atoms with Crippen molar-refractivity contribution in [3.8, 4) is 5.75 Å². The third kappa shape index (κ3) is 6.37. The van der Waals surface area contributed by atoms with Gasteiger partial charge in [-0.2, -0.15) is 0 Å². The Balaban J connectivity index is 1.19. The number of hydrogen-bond donors (Lipinski definition) is 0. The third-order valence-electron chi connectivity index (χ3n) is 8.48. The quantitative estimate of drug-likeness (QED) is 0.208. The smallest absolute Gasteiger partial charge is 0.314 e. The van der Waals surface area contributed by atoms with E-state index in [9.17, 15) is 13.6 Å². The highest BCUT2D eigenvalue weighted by Crippen LogP contribution is 2.42. The molecule has 2 fully saturated rings. The first-order chi connectivity index (χ1) is 16.5. The Morgan fingerprint density at radius 3 is 2.24 bits per heavy atom. The molecule has 0 aromatic heterocycles. The van der Waals surface area contributed by atoms with Gasteiger partial charge in [-0.1, -0.05) is 64.4 Å². The van der Waals surface area contributed by atoms with Crippen LogP contribution in [0.25, 0.3) is 10.8 Å². The Hall–Kier alpha value is -1.97. The number of halogens is 2. The zero-order valence-corrected chi connectivity index (χ0v) is 20.7. The average molecular weight is 471 g/mol. The fourth-order valence-corrected chi connectivity index (χ4v) is 6.32. The van der Waals surface area contributed by atoms with E-state index >= 15 is 0 Å². The first kappa shape index (κ1) is 25.1. The summed E-state index contributed by atoms with van der Waals surface area (Å²) >= 11 is 0. The zero-order valence-electron chi connectivity index (χ0n) is 20.7. The number of carbonyl (C=O) groups is 1. The van der Waals surface area contributed by atoms with Gasteiger partial charge in [-0.3, -0.25) is 4.79 Å². The molecular formula is C30H40F2O2. The minimum Gasteiger partial charge on any atom is -0.426 e. The number of benzene rings is 2. The van der Waals surface area contributed by atoms with Gasteiger partial charge in [-0.25, -0.2) is 8.78 Å². The van der Waals surface area contributed by atoms with E-state index in [2.05, 4.69) is 6.92 Å². The molecule has 2 nitrogen and oxygen atoms in total. The van der Waals surface area contributed by atoms with Gasteiger partial charge in [0.1, 0.15) is 5.75 Å². The van der Waals surface area contributed by atoms with E-state index in [-0.39, 0.29) is 17.3 Å². The summed E-state index contributed by atoms with van der Waals surface area (Å²) in [5.41, 5.74) is 0. The molecule has 186 valence electrons. The highest BCUT2D eigenvalue weighted by atomic mass is 19.2. The fourth-order valence-electron chi connectivity index (χ4n) is 6.32. The number of hydrogen-bond acceptors (Lipinski definition) is 2. The van der Waals surface area contributed by atoms with E-state index in [0.717, 1.165) is 49.5 Å². The van der Waals surface area contributed by atoms with Crippen LogP contribution in [0.1, 0.15) is 96.8 Å². The summed E-state index contributed by atoms with van der Waals surface area (Å²) in [6.07, 6.45) is 17.9. The van der Waals surface area contributed by atoms with Gasteiger partial charge in [0.25, 0.3) is 0 Å². The Morgan fingerprint density at radius 1 is 0.853 bits per heavy atom. The summed E-state index contributed by atoms with van der Waals surface area (Å²) in [4.78, 5) is 12.8. The topological polar surface area (TPSA) is 26.3 Å². The largest absolute Gasteiger partial charge is 0.426 e. The van der Waals surface area contributed by atoms with Gasteiger partial charge < -0.3 is 4.74 Å². The number of ether oxygens (including phenoxy) is 1. The lowest BCUT2D eigenvalue weighted by atomic mass is 9.68.